The summed E-state index contributed by atoms with van der Waals surface area (Å²) in [6.45, 7) is 1.32. The Morgan fingerprint density at radius 1 is 0.836 bits per heavy atom. The Balaban J connectivity index is 1.01. The molecule has 0 bridgehead atoms. The van der Waals surface area contributed by atoms with Gasteiger partial charge in [-0.05, 0) is 70.6 Å². The first-order chi connectivity index (χ1) is 32.1. The molecule has 22 nitrogen and oxygen atoms in total. The number of fused-ring (bicyclic) bond motifs is 2. The maximum absolute atomic E-state index is 14.0. The molecule has 2 saturated heterocycles. The van der Waals surface area contributed by atoms with Crippen molar-refractivity contribution < 1.29 is 58.6 Å². The number of aliphatic hydroxyl groups is 4. The molecular weight excluding hydrogens is 873 g/mol. The third kappa shape index (κ3) is 10.9. The zero-order valence-corrected chi connectivity index (χ0v) is 38.0. The maximum Gasteiger partial charge on any atom is 0.272 e. The van der Waals surface area contributed by atoms with Crippen LogP contribution in [0, 0.1) is 0 Å². The lowest BCUT2D eigenvalue weighted by molar-refractivity contribution is -0.251. The van der Waals surface area contributed by atoms with Crippen molar-refractivity contribution in [2.75, 3.05) is 70.0 Å². The highest BCUT2D eigenvalue weighted by Crippen LogP contribution is 2.38. The smallest absolute Gasteiger partial charge is 0.272 e. The van der Waals surface area contributed by atoms with E-state index < -0.39 is 55.0 Å². The fourth-order valence-corrected chi connectivity index (χ4v) is 8.31. The minimum Gasteiger partial charge on any atom is -0.493 e. The average molecular weight is 931 g/mol. The molecule has 3 aliphatic heterocycles. The van der Waals surface area contributed by atoms with Gasteiger partial charge in [0, 0.05) is 64.5 Å². The van der Waals surface area contributed by atoms with E-state index in [1.165, 1.54) is 40.8 Å². The monoisotopic (exact) mass is 930 g/mol. The summed E-state index contributed by atoms with van der Waals surface area (Å²) < 4.78 is 21.5. The van der Waals surface area contributed by atoms with Crippen molar-refractivity contribution in [3.05, 3.63) is 71.6 Å². The number of aromatic nitrogens is 3. The molecule has 0 radical (unpaired) electrons. The van der Waals surface area contributed by atoms with E-state index in [0.717, 1.165) is 25.8 Å². The summed E-state index contributed by atoms with van der Waals surface area (Å²) in [7, 11) is 8.65. The first kappa shape index (κ1) is 48.4. The number of hydrogen-bond donors (Lipinski definition) is 8. The number of anilines is 3. The molecule has 22 heteroatoms. The Labute approximate surface area is 386 Å². The van der Waals surface area contributed by atoms with Crippen molar-refractivity contribution in [3.8, 4) is 11.5 Å². The van der Waals surface area contributed by atoms with Gasteiger partial charge in [0.25, 0.3) is 23.6 Å². The van der Waals surface area contributed by atoms with E-state index >= 15 is 0 Å². The fourth-order valence-electron chi connectivity index (χ4n) is 8.31. The van der Waals surface area contributed by atoms with Crippen molar-refractivity contribution in [3.63, 3.8) is 0 Å². The molecule has 0 aliphatic carbocycles. The lowest BCUT2D eigenvalue weighted by Crippen LogP contribution is -2.56. The fraction of sp³-hybridized carbons (Fsp3) is 0.467. The van der Waals surface area contributed by atoms with Crippen LogP contribution in [0.2, 0.25) is 0 Å². The van der Waals surface area contributed by atoms with Crippen LogP contribution in [0.1, 0.15) is 80.2 Å². The van der Waals surface area contributed by atoms with Crippen LogP contribution in [-0.2, 0) is 23.6 Å². The number of carbonyl (C=O) groups is 5. The third-order valence-corrected chi connectivity index (χ3v) is 11.8. The summed E-state index contributed by atoms with van der Waals surface area (Å²) in [6, 6.07) is 7.49. The summed E-state index contributed by atoms with van der Waals surface area (Å²) in [5.74, 6) is -1.48. The van der Waals surface area contributed by atoms with Gasteiger partial charge in [0.15, 0.2) is 17.7 Å². The average Bonchev–Trinajstić information content (AvgIpc) is 4.09. The molecule has 5 amide bonds. The number of amides is 5. The summed E-state index contributed by atoms with van der Waals surface area (Å²) in [4.78, 5) is 75.1. The van der Waals surface area contributed by atoms with Crippen molar-refractivity contribution in [2.45, 2.75) is 68.8 Å². The lowest BCUT2D eigenvalue weighted by atomic mass is 9.98. The van der Waals surface area contributed by atoms with Crippen molar-refractivity contribution in [1.29, 1.82) is 0 Å². The molecule has 360 valence electrons. The number of aliphatic hydroxyl groups excluding tert-OH is 4. The van der Waals surface area contributed by atoms with E-state index in [4.69, 9.17) is 14.2 Å². The zero-order chi connectivity index (χ0) is 48.1. The predicted octanol–water partition coefficient (Wildman–Crippen LogP) is 1.45. The number of ether oxygens (including phenoxy) is 3. The SMILES string of the molecule is COc1cc2c(cc1OCCCC(=O)Nc1cc(C(=O)Nc3cc(C(=O)Nc4cc(C(=O)NCCCN(C)C)n(C)c4)n(C)c3)n([C@H]3O[C@H](CO)[C@@H](O)[C@H](O)[C@H]3O)c1)N=C[C@H]1CCCN1C2=O. The molecule has 0 spiro atoms. The summed E-state index contributed by atoms with van der Waals surface area (Å²) >= 11 is 0. The van der Waals surface area contributed by atoms with E-state index in [0.29, 0.717) is 47.2 Å². The Morgan fingerprint density at radius 2 is 1.49 bits per heavy atom. The van der Waals surface area contributed by atoms with Crippen molar-refractivity contribution in [2.24, 2.45) is 19.1 Å². The second-order valence-electron chi connectivity index (χ2n) is 17.0. The maximum atomic E-state index is 14.0. The predicted molar refractivity (Wildman–Crippen MR) is 244 cm³/mol. The van der Waals surface area contributed by atoms with Gasteiger partial charge in [0.05, 0.1) is 54.7 Å². The van der Waals surface area contributed by atoms with Gasteiger partial charge < -0.3 is 79.4 Å². The summed E-state index contributed by atoms with van der Waals surface area (Å²) in [5.41, 5.74) is 1.89. The quantitative estimate of drug-likeness (QED) is 0.0658. The molecule has 0 saturated carbocycles. The standard InChI is InChI=1S/C45H58N10O12/c1-51(2)12-8-11-46-41(61)31-15-25(21-52(31)3)49-42(62)32-16-26(22-53(32)4)50-43(63)33-17-27(23-55(33)45-40(60)39(59)38(58)36(24-56)67-45)48-37(57)10-7-14-66-35-19-30-29(18-34(35)65-5)44(64)54-13-6-9-28(54)20-47-30/h15-23,28,36,38-40,45,56,58-60H,6-14,24H2,1-5H3,(H,46,61)(H,48,57)(H,49,62)(H,50,63)/t28-,36-,38-,39+,40-,45+/m1/s1. The Kier molecular flexibility index (Phi) is 15.1. The number of methoxy groups -OCH3 is 1. The van der Waals surface area contributed by atoms with Crippen LogP contribution in [0.15, 0.2) is 53.9 Å². The molecule has 0 unspecified atom stereocenters. The van der Waals surface area contributed by atoms with Crippen molar-refractivity contribution in [1.82, 2.24) is 28.8 Å². The van der Waals surface area contributed by atoms with Crippen LogP contribution in [-0.4, -0.2) is 164 Å². The molecular formula is C45H58N10O12. The van der Waals surface area contributed by atoms with Crippen LogP contribution in [0.4, 0.5) is 22.7 Å². The van der Waals surface area contributed by atoms with Crippen LogP contribution in [0.5, 0.6) is 11.5 Å². The van der Waals surface area contributed by atoms with Gasteiger partial charge in [-0.2, -0.15) is 0 Å². The van der Waals surface area contributed by atoms with E-state index in [-0.39, 0.29) is 60.1 Å². The Morgan fingerprint density at radius 3 is 2.16 bits per heavy atom. The Hall–Kier alpha value is -6.56. The van der Waals surface area contributed by atoms with E-state index in [1.807, 2.05) is 19.0 Å². The molecule has 2 fully saturated rings. The highest BCUT2D eigenvalue weighted by atomic mass is 16.6. The molecule has 67 heavy (non-hydrogen) atoms. The van der Waals surface area contributed by atoms with Crippen molar-refractivity contribution >= 4 is 58.5 Å². The van der Waals surface area contributed by atoms with Crippen LogP contribution < -0.4 is 30.7 Å². The zero-order valence-electron chi connectivity index (χ0n) is 38.0. The highest BCUT2D eigenvalue weighted by molar-refractivity contribution is 6.08. The van der Waals surface area contributed by atoms with Crippen LogP contribution >= 0.6 is 0 Å². The summed E-state index contributed by atoms with van der Waals surface area (Å²) in [5, 5.41) is 53.1. The number of rotatable bonds is 18. The number of benzene rings is 1. The lowest BCUT2D eigenvalue weighted by Gasteiger charge is -2.40. The topological polar surface area (TPSA) is 276 Å². The molecule has 8 N–H and O–H groups in total. The minimum absolute atomic E-state index is 0.0311. The molecule has 6 heterocycles. The molecule has 6 atom stereocenters. The molecule has 4 aromatic rings. The Bertz CT molecular complexity index is 2510. The summed E-state index contributed by atoms with van der Waals surface area (Å²) in [6.07, 6.45) is 0.887. The number of aliphatic imine (C=N–C) groups is 1. The second-order valence-corrected chi connectivity index (χ2v) is 17.0. The van der Waals surface area contributed by atoms with Gasteiger partial charge >= 0.3 is 0 Å². The number of nitrogens with one attached hydrogen (secondary N) is 4. The molecule has 7 rings (SSSR count). The van der Waals surface area contributed by atoms with Gasteiger partial charge in [-0.1, -0.05) is 0 Å². The van der Waals surface area contributed by atoms with E-state index in [9.17, 15) is 44.4 Å². The number of nitrogens with zero attached hydrogens (tertiary/aromatic N) is 6. The van der Waals surface area contributed by atoms with E-state index in [1.54, 1.807) is 54.2 Å². The third-order valence-electron chi connectivity index (χ3n) is 11.8. The van der Waals surface area contributed by atoms with Gasteiger partial charge in [0.2, 0.25) is 5.91 Å². The van der Waals surface area contributed by atoms with Gasteiger partial charge in [-0.3, -0.25) is 29.0 Å². The first-order valence-corrected chi connectivity index (χ1v) is 22.0. The van der Waals surface area contributed by atoms with E-state index in [2.05, 4.69) is 26.3 Å². The van der Waals surface area contributed by atoms with Gasteiger partial charge in [-0.25, -0.2) is 0 Å². The second kappa shape index (κ2) is 20.9. The number of carbonyl (C=O) groups excluding carboxylic acids is 5. The molecule has 3 aliphatic rings. The van der Waals surface area contributed by atoms with Crippen LogP contribution in [0.3, 0.4) is 0 Å². The number of hydrogen-bond acceptors (Lipinski definition) is 14. The van der Waals surface area contributed by atoms with Gasteiger partial charge in [-0.15, -0.1) is 0 Å². The molecule has 3 aromatic heterocycles. The molecule has 1 aromatic carbocycles. The minimum atomic E-state index is -1.77. The normalized spacial score (nSPS) is 21.1. The van der Waals surface area contributed by atoms with Crippen LogP contribution in [0.25, 0.3) is 0 Å². The van der Waals surface area contributed by atoms with Gasteiger partial charge in [0.1, 0.15) is 41.5 Å². The number of aryl methyl sites for hydroxylation is 2. The highest BCUT2D eigenvalue weighted by Gasteiger charge is 2.45. The first-order valence-electron chi connectivity index (χ1n) is 22.0. The largest absolute Gasteiger partial charge is 0.493 e.